The average Bonchev–Trinajstić information content (AvgIpc) is 3.34. The summed E-state index contributed by atoms with van der Waals surface area (Å²) in [5, 5.41) is 5.72. The highest BCUT2D eigenvalue weighted by atomic mass is 16.3. The first kappa shape index (κ1) is 14.8. The minimum atomic E-state index is -0.300. The Hall–Kier alpha value is -2.82. The van der Waals surface area contributed by atoms with Crippen LogP contribution in [0.3, 0.4) is 0 Å². The van der Waals surface area contributed by atoms with Crippen LogP contribution in [0, 0.1) is 17.8 Å². The van der Waals surface area contributed by atoms with E-state index in [0.29, 0.717) is 17.5 Å². The molecule has 2 aromatic rings. The van der Waals surface area contributed by atoms with Crippen molar-refractivity contribution >= 4 is 23.2 Å². The van der Waals surface area contributed by atoms with Crippen LogP contribution in [0.4, 0.5) is 11.4 Å². The zero-order valence-corrected chi connectivity index (χ0v) is 13.1. The molecule has 0 spiro atoms. The third-order valence-corrected chi connectivity index (χ3v) is 4.77. The first-order valence-electron chi connectivity index (χ1n) is 8.13. The Morgan fingerprint density at radius 3 is 2.29 bits per heavy atom. The van der Waals surface area contributed by atoms with Gasteiger partial charge in [-0.2, -0.15) is 0 Å². The molecule has 5 nitrogen and oxygen atoms in total. The summed E-state index contributed by atoms with van der Waals surface area (Å²) in [4.78, 5) is 24.3. The summed E-state index contributed by atoms with van der Waals surface area (Å²) in [6.07, 6.45) is 7.91. The lowest BCUT2D eigenvalue weighted by Gasteiger charge is -2.17. The molecule has 1 aromatic carbocycles. The van der Waals surface area contributed by atoms with E-state index in [0.717, 1.165) is 18.5 Å². The smallest absolute Gasteiger partial charge is 0.291 e. The number of allylic oxidation sites excluding steroid dienone is 2. The van der Waals surface area contributed by atoms with Gasteiger partial charge in [-0.15, -0.1) is 0 Å². The molecule has 2 amide bonds. The number of rotatable bonds is 4. The molecule has 1 heterocycles. The second kappa shape index (κ2) is 6.00. The molecule has 4 rings (SSSR count). The van der Waals surface area contributed by atoms with Gasteiger partial charge in [-0.25, -0.2) is 0 Å². The summed E-state index contributed by atoms with van der Waals surface area (Å²) in [5.41, 5.74) is 1.39. The van der Waals surface area contributed by atoms with Crippen molar-refractivity contribution in [2.24, 2.45) is 17.8 Å². The molecule has 24 heavy (non-hydrogen) atoms. The minimum absolute atomic E-state index is 0.0818. The lowest BCUT2D eigenvalue weighted by Crippen LogP contribution is -2.25. The fraction of sp³-hybridized carbons (Fsp3) is 0.263. The molecular weight excluding hydrogens is 304 g/mol. The Bertz CT molecular complexity index is 777. The Balaban J connectivity index is 1.36. The average molecular weight is 322 g/mol. The number of carbonyl (C=O) groups is 2. The van der Waals surface area contributed by atoms with Gasteiger partial charge in [0, 0.05) is 17.3 Å². The Labute approximate surface area is 139 Å². The predicted molar refractivity (Wildman–Crippen MR) is 90.6 cm³/mol. The van der Waals surface area contributed by atoms with Gasteiger partial charge in [0.2, 0.25) is 5.91 Å². The molecule has 2 N–H and O–H groups in total. The lowest BCUT2D eigenvalue weighted by atomic mass is 9.93. The van der Waals surface area contributed by atoms with Crippen LogP contribution in [0.25, 0.3) is 0 Å². The van der Waals surface area contributed by atoms with Crippen LogP contribution < -0.4 is 10.6 Å². The maximum absolute atomic E-state index is 12.4. The maximum atomic E-state index is 12.4. The summed E-state index contributed by atoms with van der Waals surface area (Å²) in [6.45, 7) is 0. The number of carbonyl (C=O) groups excluding carboxylic acids is 2. The van der Waals surface area contributed by atoms with Crippen molar-refractivity contribution in [3.63, 3.8) is 0 Å². The van der Waals surface area contributed by atoms with Crippen LogP contribution in [0.15, 0.2) is 59.2 Å². The zero-order valence-electron chi connectivity index (χ0n) is 13.1. The molecule has 0 saturated heterocycles. The van der Waals surface area contributed by atoms with Crippen molar-refractivity contribution in [1.82, 2.24) is 0 Å². The molecule has 1 fully saturated rings. The summed E-state index contributed by atoms with van der Waals surface area (Å²) in [6, 6.07) is 10.4. The summed E-state index contributed by atoms with van der Waals surface area (Å²) < 4.78 is 5.05. The topological polar surface area (TPSA) is 71.3 Å². The molecular formula is C19H18N2O3. The van der Waals surface area contributed by atoms with Crippen LogP contribution in [-0.4, -0.2) is 11.8 Å². The normalized spacial score (nSPS) is 24.1. The molecule has 122 valence electrons. The zero-order chi connectivity index (χ0) is 16.5. The van der Waals surface area contributed by atoms with Crippen LogP contribution in [0.1, 0.15) is 23.4 Å². The van der Waals surface area contributed by atoms with Gasteiger partial charge in [-0.05, 0) is 61.1 Å². The number of hydrogen-bond acceptors (Lipinski definition) is 3. The third-order valence-electron chi connectivity index (χ3n) is 4.77. The largest absolute Gasteiger partial charge is 0.459 e. The van der Waals surface area contributed by atoms with Gasteiger partial charge >= 0.3 is 0 Å². The highest BCUT2D eigenvalue weighted by Crippen LogP contribution is 2.43. The van der Waals surface area contributed by atoms with Gasteiger partial charge in [-0.3, -0.25) is 9.59 Å². The number of furan rings is 1. The van der Waals surface area contributed by atoms with Crippen LogP contribution >= 0.6 is 0 Å². The van der Waals surface area contributed by atoms with Crippen LogP contribution in [-0.2, 0) is 4.79 Å². The molecule has 5 heteroatoms. The first-order chi connectivity index (χ1) is 11.7. The van der Waals surface area contributed by atoms with Crippen molar-refractivity contribution in [2.45, 2.75) is 12.8 Å². The maximum Gasteiger partial charge on any atom is 0.291 e. The van der Waals surface area contributed by atoms with E-state index in [2.05, 4.69) is 22.8 Å². The van der Waals surface area contributed by atoms with Gasteiger partial charge in [0.05, 0.1) is 6.26 Å². The lowest BCUT2D eigenvalue weighted by molar-refractivity contribution is -0.120. The second-order valence-corrected chi connectivity index (χ2v) is 6.38. The van der Waals surface area contributed by atoms with Crippen molar-refractivity contribution in [3.05, 3.63) is 60.6 Å². The molecule has 0 aliphatic heterocycles. The molecule has 1 saturated carbocycles. The monoisotopic (exact) mass is 322 g/mol. The van der Waals surface area contributed by atoms with E-state index in [4.69, 9.17) is 4.42 Å². The SMILES string of the molecule is O=C(Nc1ccc(NC(=O)C2CC3C=CC2C3)cc1)c1ccco1. The highest BCUT2D eigenvalue weighted by Gasteiger charge is 2.39. The van der Waals surface area contributed by atoms with E-state index in [9.17, 15) is 9.59 Å². The number of hydrogen-bond donors (Lipinski definition) is 2. The van der Waals surface area contributed by atoms with E-state index >= 15 is 0 Å². The molecule has 2 aliphatic carbocycles. The van der Waals surface area contributed by atoms with E-state index < -0.39 is 0 Å². The fourth-order valence-corrected chi connectivity index (χ4v) is 3.55. The Kier molecular flexibility index (Phi) is 3.69. The van der Waals surface area contributed by atoms with Gasteiger partial charge in [-0.1, -0.05) is 12.2 Å². The highest BCUT2D eigenvalue weighted by molar-refractivity contribution is 6.02. The number of amides is 2. The van der Waals surface area contributed by atoms with Crippen molar-refractivity contribution in [3.8, 4) is 0 Å². The van der Waals surface area contributed by atoms with Crippen LogP contribution in [0.5, 0.6) is 0 Å². The van der Waals surface area contributed by atoms with E-state index in [1.807, 2.05) is 0 Å². The van der Waals surface area contributed by atoms with E-state index in [-0.39, 0.29) is 23.5 Å². The number of nitrogens with one attached hydrogen (secondary N) is 2. The van der Waals surface area contributed by atoms with Gasteiger partial charge in [0.15, 0.2) is 5.76 Å². The quantitative estimate of drug-likeness (QED) is 0.843. The molecule has 2 bridgehead atoms. The molecule has 3 atom stereocenters. The van der Waals surface area contributed by atoms with Gasteiger partial charge in [0.1, 0.15) is 0 Å². The molecule has 0 radical (unpaired) electrons. The first-order valence-corrected chi connectivity index (χ1v) is 8.13. The van der Waals surface area contributed by atoms with Gasteiger partial charge < -0.3 is 15.1 Å². The standard InChI is InChI=1S/C19H18N2O3/c22-18(16-11-12-3-4-13(16)10-12)20-14-5-7-15(8-6-14)21-19(23)17-2-1-9-24-17/h1-9,12-13,16H,10-11H2,(H,20,22)(H,21,23). The predicted octanol–water partition coefficient (Wildman–Crippen LogP) is 3.68. The van der Waals surface area contributed by atoms with E-state index in [1.54, 1.807) is 36.4 Å². The Morgan fingerprint density at radius 2 is 1.71 bits per heavy atom. The Morgan fingerprint density at radius 1 is 0.958 bits per heavy atom. The molecule has 1 aromatic heterocycles. The summed E-state index contributed by atoms with van der Waals surface area (Å²) in [5.74, 6) is 1.09. The third kappa shape index (κ3) is 2.85. The van der Waals surface area contributed by atoms with Crippen molar-refractivity contribution in [1.29, 1.82) is 0 Å². The van der Waals surface area contributed by atoms with Crippen LogP contribution in [0.2, 0.25) is 0 Å². The van der Waals surface area contributed by atoms with Crippen molar-refractivity contribution in [2.75, 3.05) is 10.6 Å². The fourth-order valence-electron chi connectivity index (χ4n) is 3.55. The number of anilines is 2. The van der Waals surface area contributed by atoms with E-state index in [1.165, 1.54) is 6.26 Å². The summed E-state index contributed by atoms with van der Waals surface area (Å²) in [7, 11) is 0. The minimum Gasteiger partial charge on any atom is -0.459 e. The summed E-state index contributed by atoms with van der Waals surface area (Å²) >= 11 is 0. The molecule has 3 unspecified atom stereocenters. The number of benzene rings is 1. The second-order valence-electron chi connectivity index (χ2n) is 6.38. The number of fused-ring (bicyclic) bond motifs is 2. The van der Waals surface area contributed by atoms with Gasteiger partial charge in [0.25, 0.3) is 5.91 Å². The van der Waals surface area contributed by atoms with Crippen molar-refractivity contribution < 1.29 is 14.0 Å². The molecule has 2 aliphatic rings.